The molecule has 0 aromatic heterocycles. The van der Waals surface area contributed by atoms with Gasteiger partial charge >= 0.3 is 0 Å². The van der Waals surface area contributed by atoms with Crippen LogP contribution in [-0.2, 0) is 5.41 Å². The van der Waals surface area contributed by atoms with Gasteiger partial charge in [-0.05, 0) is 54.4 Å². The Kier molecular flexibility index (Phi) is 3.12. The summed E-state index contributed by atoms with van der Waals surface area (Å²) in [6, 6.07) is 4.62. The maximum absolute atomic E-state index is 6.29. The van der Waals surface area contributed by atoms with Gasteiger partial charge in [0.05, 0.1) is 0 Å². The molecule has 0 bridgehead atoms. The lowest BCUT2D eigenvalue weighted by molar-refractivity contribution is 0.342. The van der Waals surface area contributed by atoms with Crippen molar-refractivity contribution in [2.45, 2.75) is 50.0 Å². The van der Waals surface area contributed by atoms with Gasteiger partial charge in [-0.1, -0.05) is 44.7 Å². The first-order chi connectivity index (χ1) is 8.12. The summed E-state index contributed by atoms with van der Waals surface area (Å²) in [4.78, 5) is 0. The highest BCUT2D eigenvalue weighted by molar-refractivity contribution is 9.11. The second-order valence-electron chi connectivity index (χ2n) is 5.48. The van der Waals surface area contributed by atoms with Crippen LogP contribution in [0, 0.1) is 0 Å². The molecule has 1 aromatic carbocycles. The van der Waals surface area contributed by atoms with Gasteiger partial charge in [-0.3, -0.25) is 0 Å². The summed E-state index contributed by atoms with van der Waals surface area (Å²) in [7, 11) is 0. The Labute approximate surface area is 119 Å². The van der Waals surface area contributed by atoms with Crippen molar-refractivity contribution in [1.29, 1.82) is 0 Å². The first-order valence-corrected chi connectivity index (χ1v) is 7.96. The van der Waals surface area contributed by atoms with Gasteiger partial charge in [-0.25, -0.2) is 0 Å². The van der Waals surface area contributed by atoms with E-state index in [0.29, 0.717) is 5.41 Å². The van der Waals surface area contributed by atoms with E-state index in [1.807, 2.05) is 0 Å². The van der Waals surface area contributed by atoms with Crippen LogP contribution in [0.3, 0.4) is 0 Å². The highest BCUT2D eigenvalue weighted by Gasteiger charge is 2.42. The third kappa shape index (κ3) is 1.91. The molecule has 0 heterocycles. The van der Waals surface area contributed by atoms with Crippen molar-refractivity contribution >= 4 is 31.9 Å². The van der Waals surface area contributed by atoms with E-state index < -0.39 is 0 Å². The van der Waals surface area contributed by atoms with Crippen molar-refractivity contribution in [3.63, 3.8) is 0 Å². The Balaban J connectivity index is 2.20. The molecule has 2 N–H and O–H groups in total. The van der Waals surface area contributed by atoms with E-state index >= 15 is 0 Å². The number of nitrogens with two attached hydrogens (primary N) is 1. The highest BCUT2D eigenvalue weighted by atomic mass is 79.9. The number of benzene rings is 1. The lowest BCUT2D eigenvalue weighted by Crippen LogP contribution is -2.32. The monoisotopic (exact) mass is 357 g/mol. The van der Waals surface area contributed by atoms with Crippen molar-refractivity contribution in [1.82, 2.24) is 0 Å². The molecule has 1 fully saturated rings. The Morgan fingerprint density at radius 1 is 1.12 bits per heavy atom. The molecular formula is C14H17Br2N. The second kappa shape index (κ2) is 4.36. The van der Waals surface area contributed by atoms with Gasteiger partial charge in [0, 0.05) is 15.0 Å². The Morgan fingerprint density at radius 2 is 1.82 bits per heavy atom. The predicted octanol–water partition coefficient (Wildman–Crippen LogP) is 4.82. The fourth-order valence-electron chi connectivity index (χ4n) is 3.71. The lowest BCUT2D eigenvalue weighted by atomic mass is 9.67. The maximum Gasteiger partial charge on any atom is 0.0298 e. The minimum atomic E-state index is 0.213. The zero-order valence-electron chi connectivity index (χ0n) is 9.81. The van der Waals surface area contributed by atoms with E-state index in [-0.39, 0.29) is 6.04 Å². The topological polar surface area (TPSA) is 26.0 Å². The van der Waals surface area contributed by atoms with Crippen LogP contribution in [0.1, 0.15) is 55.7 Å². The molecule has 0 amide bonds. The van der Waals surface area contributed by atoms with Gasteiger partial charge in [0.2, 0.25) is 0 Å². The van der Waals surface area contributed by atoms with E-state index in [0.717, 1.165) is 10.9 Å². The molecule has 1 nitrogen and oxygen atoms in total. The van der Waals surface area contributed by atoms with Crippen LogP contribution in [0.15, 0.2) is 21.1 Å². The van der Waals surface area contributed by atoms with Crippen molar-refractivity contribution in [2.75, 3.05) is 0 Å². The molecule has 2 aliphatic rings. The fraction of sp³-hybridized carbons (Fsp3) is 0.571. The predicted molar refractivity (Wildman–Crippen MR) is 78.2 cm³/mol. The molecule has 1 unspecified atom stereocenters. The van der Waals surface area contributed by atoms with Gasteiger partial charge in [0.1, 0.15) is 0 Å². The summed E-state index contributed by atoms with van der Waals surface area (Å²) in [5.41, 5.74) is 9.59. The Hall–Kier alpha value is 0.140. The van der Waals surface area contributed by atoms with E-state index in [2.05, 4.69) is 44.0 Å². The van der Waals surface area contributed by atoms with Crippen LogP contribution < -0.4 is 5.73 Å². The molecule has 0 aliphatic heterocycles. The first-order valence-electron chi connectivity index (χ1n) is 6.37. The third-order valence-corrected chi connectivity index (χ3v) is 5.59. The van der Waals surface area contributed by atoms with Gasteiger partial charge in [0.25, 0.3) is 0 Å². The van der Waals surface area contributed by atoms with Crippen molar-refractivity contribution in [3.8, 4) is 0 Å². The van der Waals surface area contributed by atoms with Gasteiger partial charge < -0.3 is 5.73 Å². The van der Waals surface area contributed by atoms with Crippen LogP contribution in [-0.4, -0.2) is 0 Å². The summed E-state index contributed by atoms with van der Waals surface area (Å²) >= 11 is 7.34. The Bertz CT molecular complexity index is 450. The Morgan fingerprint density at radius 3 is 2.53 bits per heavy atom. The molecule has 1 saturated carbocycles. The summed E-state index contributed by atoms with van der Waals surface area (Å²) in [5.74, 6) is 0. The number of halogens is 2. The second-order valence-corrected chi connectivity index (χ2v) is 7.25. The first kappa shape index (κ1) is 12.2. The minimum absolute atomic E-state index is 0.213. The van der Waals surface area contributed by atoms with Gasteiger partial charge in [-0.2, -0.15) is 0 Å². The van der Waals surface area contributed by atoms with Crippen LogP contribution in [0.25, 0.3) is 0 Å². The van der Waals surface area contributed by atoms with Crippen molar-refractivity contribution in [2.24, 2.45) is 5.73 Å². The minimum Gasteiger partial charge on any atom is -0.324 e. The molecule has 1 spiro atoms. The molecule has 1 atom stereocenters. The van der Waals surface area contributed by atoms with Crippen LogP contribution >= 0.6 is 31.9 Å². The largest absolute Gasteiger partial charge is 0.324 e. The number of rotatable bonds is 0. The normalized spacial score (nSPS) is 26.2. The summed E-state index contributed by atoms with van der Waals surface area (Å²) in [5, 5.41) is 0. The number of hydrogen-bond donors (Lipinski definition) is 1. The smallest absolute Gasteiger partial charge is 0.0298 e. The van der Waals surface area contributed by atoms with Crippen molar-refractivity contribution in [3.05, 3.63) is 32.2 Å². The van der Waals surface area contributed by atoms with E-state index in [9.17, 15) is 0 Å². The van der Waals surface area contributed by atoms with Gasteiger partial charge in [-0.15, -0.1) is 0 Å². The maximum atomic E-state index is 6.29. The molecule has 92 valence electrons. The highest BCUT2D eigenvalue weighted by Crippen LogP contribution is 2.53. The summed E-state index contributed by atoms with van der Waals surface area (Å²) in [6.45, 7) is 0. The van der Waals surface area contributed by atoms with Gasteiger partial charge in [0.15, 0.2) is 0 Å². The standard InChI is InChI=1S/C14H17Br2N/c15-9-7-10-12(17)3-6-14(4-1-2-5-14)13(10)11(16)8-9/h7-8,12H,1-6,17H2. The van der Waals surface area contributed by atoms with Crippen LogP contribution in [0.2, 0.25) is 0 Å². The number of hydrogen-bond acceptors (Lipinski definition) is 1. The summed E-state index contributed by atoms with van der Waals surface area (Å²) in [6.07, 6.45) is 7.82. The molecule has 1 aromatic rings. The van der Waals surface area contributed by atoms with Crippen molar-refractivity contribution < 1.29 is 0 Å². The zero-order chi connectivity index (χ0) is 12.0. The molecule has 2 aliphatic carbocycles. The molecule has 0 radical (unpaired) electrons. The average Bonchev–Trinajstić information content (AvgIpc) is 2.72. The molecule has 17 heavy (non-hydrogen) atoms. The third-order valence-electron chi connectivity index (χ3n) is 4.51. The van der Waals surface area contributed by atoms with E-state index in [1.54, 1.807) is 0 Å². The lowest BCUT2D eigenvalue weighted by Gasteiger charge is -2.39. The molecule has 3 rings (SSSR count). The van der Waals surface area contributed by atoms with E-state index in [1.165, 1.54) is 47.7 Å². The van der Waals surface area contributed by atoms with Crippen LogP contribution in [0.4, 0.5) is 0 Å². The molecule has 3 heteroatoms. The fourth-order valence-corrected chi connectivity index (χ4v) is 5.39. The zero-order valence-corrected chi connectivity index (χ0v) is 13.0. The molecular weight excluding hydrogens is 342 g/mol. The summed E-state index contributed by atoms with van der Waals surface area (Å²) < 4.78 is 2.38. The quantitative estimate of drug-likeness (QED) is 0.707. The average molecular weight is 359 g/mol. The molecule has 0 saturated heterocycles. The van der Waals surface area contributed by atoms with E-state index in [4.69, 9.17) is 5.73 Å². The van der Waals surface area contributed by atoms with Crippen LogP contribution in [0.5, 0.6) is 0 Å². The number of fused-ring (bicyclic) bond motifs is 2. The SMILES string of the molecule is NC1CCC2(CCCC2)c2c(Br)cc(Br)cc21.